The highest BCUT2D eigenvalue weighted by Gasteiger charge is 2.23. The van der Waals surface area contributed by atoms with E-state index < -0.39 is 11.7 Å². The predicted octanol–water partition coefficient (Wildman–Crippen LogP) is 4.24. The maximum absolute atomic E-state index is 12.2. The van der Waals surface area contributed by atoms with Crippen LogP contribution in [0.3, 0.4) is 0 Å². The first-order chi connectivity index (χ1) is 14.0. The minimum atomic E-state index is -0.560. The number of hydrogen-bond acceptors (Lipinski definition) is 5. The van der Waals surface area contributed by atoms with Crippen LogP contribution < -0.4 is 10.6 Å². The van der Waals surface area contributed by atoms with Gasteiger partial charge in [0.2, 0.25) is 0 Å². The number of aromatic nitrogens is 3. The van der Waals surface area contributed by atoms with Crippen LogP contribution >= 0.6 is 12.2 Å². The Morgan fingerprint density at radius 3 is 2.47 bits per heavy atom. The van der Waals surface area contributed by atoms with Gasteiger partial charge in [-0.05, 0) is 45.6 Å². The first kappa shape index (κ1) is 23.8. The van der Waals surface area contributed by atoms with E-state index >= 15 is 0 Å². The van der Waals surface area contributed by atoms with Crippen molar-refractivity contribution in [2.45, 2.75) is 72.2 Å². The number of hydrogen-bond donors (Lipinski definition) is 2. The molecule has 0 fully saturated rings. The molecular weight excluding hydrogens is 398 g/mol. The highest BCUT2D eigenvalue weighted by molar-refractivity contribution is 7.80. The summed E-state index contributed by atoms with van der Waals surface area (Å²) in [5, 5.41) is 14.6. The van der Waals surface area contributed by atoms with Gasteiger partial charge < -0.3 is 15.4 Å². The Morgan fingerprint density at radius 1 is 1.20 bits per heavy atom. The van der Waals surface area contributed by atoms with Gasteiger partial charge in [0.1, 0.15) is 11.3 Å². The third kappa shape index (κ3) is 7.74. The number of nitrogens with one attached hydrogen (secondary N) is 2. The smallest absolute Gasteiger partial charge is 0.408 e. The van der Waals surface area contributed by atoms with Crippen molar-refractivity contribution in [2.75, 3.05) is 0 Å². The van der Waals surface area contributed by atoms with Gasteiger partial charge in [0.15, 0.2) is 0 Å². The molecule has 164 valence electrons. The molecule has 0 bridgehead atoms. The zero-order valence-electron chi connectivity index (χ0n) is 18.7. The second-order valence-electron chi connectivity index (χ2n) is 8.82. The van der Waals surface area contributed by atoms with Crippen LogP contribution in [0.25, 0.3) is 0 Å². The summed E-state index contributed by atoms with van der Waals surface area (Å²) in [5.74, 6) is 0.359. The number of rotatable bonds is 8. The van der Waals surface area contributed by atoms with Crippen LogP contribution in [0.2, 0.25) is 0 Å². The number of carbonyl (C=O) groups excluding carboxylic acids is 1. The molecule has 0 saturated carbocycles. The lowest BCUT2D eigenvalue weighted by atomic mass is 10.0. The molecule has 0 radical (unpaired) electrons. The fraction of sp³-hybridized carbons (Fsp3) is 0.545. The third-order valence-corrected chi connectivity index (χ3v) is 4.82. The Hall–Kier alpha value is -2.48. The molecule has 2 rings (SSSR count). The van der Waals surface area contributed by atoms with Gasteiger partial charge >= 0.3 is 6.09 Å². The maximum atomic E-state index is 12.2. The van der Waals surface area contributed by atoms with Crippen LogP contribution in [0.15, 0.2) is 36.5 Å². The number of nitrogens with zero attached hydrogens (tertiary/aromatic N) is 3. The van der Waals surface area contributed by atoms with Gasteiger partial charge in [-0.2, -0.15) is 0 Å². The van der Waals surface area contributed by atoms with Crippen molar-refractivity contribution in [2.24, 2.45) is 5.92 Å². The fourth-order valence-corrected chi connectivity index (χ4v) is 3.15. The van der Waals surface area contributed by atoms with Gasteiger partial charge in [-0.3, -0.25) is 0 Å². The highest BCUT2D eigenvalue weighted by Crippen LogP contribution is 2.16. The van der Waals surface area contributed by atoms with Crippen LogP contribution in [0, 0.1) is 5.92 Å². The Kier molecular flexibility index (Phi) is 8.34. The first-order valence-corrected chi connectivity index (χ1v) is 10.7. The van der Waals surface area contributed by atoms with Crippen LogP contribution in [-0.4, -0.2) is 37.7 Å². The van der Waals surface area contributed by atoms with Gasteiger partial charge in [0.05, 0.1) is 29.8 Å². The molecule has 0 spiro atoms. The lowest BCUT2D eigenvalue weighted by Gasteiger charge is -2.25. The zero-order valence-corrected chi connectivity index (χ0v) is 19.5. The number of amides is 1. The van der Waals surface area contributed by atoms with Crippen molar-refractivity contribution in [3.63, 3.8) is 0 Å². The minimum Gasteiger partial charge on any atom is -0.444 e. The molecule has 0 unspecified atom stereocenters. The molecule has 8 heteroatoms. The third-order valence-electron chi connectivity index (χ3n) is 4.39. The van der Waals surface area contributed by atoms with E-state index in [2.05, 4.69) is 53.8 Å². The predicted molar refractivity (Wildman–Crippen MR) is 122 cm³/mol. The molecule has 2 atom stereocenters. The standard InChI is InChI=1S/C22H33N5O2S/c1-15(2)12-19(24-21(28)29-22(4,5)6)20(30)23-13-18-14-27(26-25-18)16(3)17-10-8-7-9-11-17/h7-11,14-16,19H,12-13H2,1-6H3,(H,23,30)(H,24,28)/t16-,19+/m1/s1. The molecule has 1 aromatic heterocycles. The van der Waals surface area contributed by atoms with E-state index in [9.17, 15) is 4.79 Å². The number of carbonyl (C=O) groups is 1. The SMILES string of the molecule is CC(C)C[C@H](NC(=O)OC(C)(C)C)C(=S)NCc1cn([C@H](C)c2ccccc2)nn1. The topological polar surface area (TPSA) is 81.1 Å². The molecule has 1 heterocycles. The lowest BCUT2D eigenvalue weighted by Crippen LogP contribution is -2.47. The van der Waals surface area contributed by atoms with Crippen molar-refractivity contribution >= 4 is 23.3 Å². The van der Waals surface area contributed by atoms with Crippen molar-refractivity contribution in [3.8, 4) is 0 Å². The zero-order chi connectivity index (χ0) is 22.3. The van der Waals surface area contributed by atoms with Gasteiger partial charge in [-0.25, -0.2) is 9.48 Å². The molecule has 0 aliphatic rings. The summed E-state index contributed by atoms with van der Waals surface area (Å²) >= 11 is 5.55. The van der Waals surface area contributed by atoms with Crippen molar-refractivity contribution in [3.05, 3.63) is 47.8 Å². The van der Waals surface area contributed by atoms with Crippen molar-refractivity contribution in [1.82, 2.24) is 25.6 Å². The van der Waals surface area contributed by atoms with E-state index in [1.807, 2.05) is 49.8 Å². The molecule has 0 aliphatic heterocycles. The Labute approximate surface area is 184 Å². The van der Waals surface area contributed by atoms with E-state index in [1.165, 1.54) is 0 Å². The average Bonchev–Trinajstić information content (AvgIpc) is 3.12. The highest BCUT2D eigenvalue weighted by atomic mass is 32.1. The molecular formula is C22H33N5O2S. The summed E-state index contributed by atoms with van der Waals surface area (Å²) in [5.41, 5.74) is 1.38. The van der Waals surface area contributed by atoms with Gasteiger partial charge in [0, 0.05) is 0 Å². The molecule has 0 aliphatic carbocycles. The molecule has 2 aromatic rings. The maximum Gasteiger partial charge on any atom is 0.408 e. The van der Waals surface area contributed by atoms with Crippen LogP contribution in [0.1, 0.15) is 65.3 Å². The van der Waals surface area contributed by atoms with Crippen molar-refractivity contribution < 1.29 is 9.53 Å². The summed E-state index contributed by atoms with van der Waals surface area (Å²) < 4.78 is 7.20. The van der Waals surface area contributed by atoms with E-state index in [-0.39, 0.29) is 12.1 Å². The Bertz CT molecular complexity index is 830. The Balaban J connectivity index is 1.96. The molecule has 0 saturated heterocycles. The van der Waals surface area contributed by atoms with E-state index in [1.54, 1.807) is 0 Å². The molecule has 1 amide bonds. The number of benzene rings is 1. The second kappa shape index (κ2) is 10.5. The average molecular weight is 432 g/mol. The van der Waals surface area contributed by atoms with Gasteiger partial charge in [-0.15, -0.1) is 5.10 Å². The summed E-state index contributed by atoms with van der Waals surface area (Å²) in [6, 6.07) is 9.92. The second-order valence-corrected chi connectivity index (χ2v) is 9.26. The number of ether oxygens (including phenoxy) is 1. The summed E-state index contributed by atoms with van der Waals surface area (Å²) in [4.78, 5) is 12.8. The van der Waals surface area contributed by atoms with E-state index in [0.29, 0.717) is 23.9 Å². The summed E-state index contributed by atoms with van der Waals surface area (Å²) in [6.45, 7) is 12.2. The number of alkyl carbamates (subject to hydrolysis) is 1. The molecule has 7 nitrogen and oxygen atoms in total. The largest absolute Gasteiger partial charge is 0.444 e. The fourth-order valence-electron chi connectivity index (χ4n) is 2.92. The van der Waals surface area contributed by atoms with Crippen LogP contribution in [0.5, 0.6) is 0 Å². The van der Waals surface area contributed by atoms with Crippen molar-refractivity contribution in [1.29, 1.82) is 0 Å². The van der Waals surface area contributed by atoms with E-state index in [4.69, 9.17) is 17.0 Å². The van der Waals surface area contributed by atoms with E-state index in [0.717, 1.165) is 11.3 Å². The summed E-state index contributed by atoms with van der Waals surface area (Å²) in [6.07, 6.45) is 2.15. The number of thiocarbonyl (C=S) groups is 1. The summed E-state index contributed by atoms with van der Waals surface area (Å²) in [7, 11) is 0. The van der Waals surface area contributed by atoms with Crippen LogP contribution in [0.4, 0.5) is 4.79 Å². The van der Waals surface area contributed by atoms with Crippen LogP contribution in [-0.2, 0) is 11.3 Å². The minimum absolute atomic E-state index is 0.0851. The Morgan fingerprint density at radius 2 is 1.87 bits per heavy atom. The molecule has 30 heavy (non-hydrogen) atoms. The lowest BCUT2D eigenvalue weighted by molar-refractivity contribution is 0.0514. The quantitative estimate of drug-likeness (QED) is 0.609. The molecule has 2 N–H and O–H groups in total. The van der Waals surface area contributed by atoms with Gasteiger partial charge in [-0.1, -0.05) is 61.6 Å². The molecule has 1 aromatic carbocycles. The van der Waals surface area contributed by atoms with Gasteiger partial charge in [0.25, 0.3) is 0 Å². The first-order valence-electron chi connectivity index (χ1n) is 10.3. The monoisotopic (exact) mass is 431 g/mol. The normalized spacial score (nSPS) is 13.6.